The highest BCUT2D eigenvalue weighted by Gasteiger charge is 2.19. The molecule has 3 heterocycles. The standard InChI is InChI=1S/C18H17FN4O2S/c19-10-5-6-13(20-9-10)21-15(24)8-7-14-22-17(25)16-11-3-1-2-4-12(11)26-18(16)23-14/h5-6,9H,1-4,7-8H2,(H,20,21,24)(H,22,23,25). The number of fused-ring (bicyclic) bond motifs is 3. The molecule has 134 valence electrons. The fourth-order valence-corrected chi connectivity index (χ4v) is 4.49. The SMILES string of the molecule is O=C(CCc1nc2sc3c(c2c(=O)[nH]1)CCCC3)Nc1ccc(F)cn1. The fourth-order valence-electron chi connectivity index (χ4n) is 3.21. The Kier molecular flexibility index (Phi) is 4.50. The summed E-state index contributed by atoms with van der Waals surface area (Å²) in [6.45, 7) is 0. The summed E-state index contributed by atoms with van der Waals surface area (Å²) in [7, 11) is 0. The van der Waals surface area contributed by atoms with Crippen molar-refractivity contribution in [1.82, 2.24) is 15.0 Å². The van der Waals surface area contributed by atoms with E-state index in [1.807, 2.05) is 0 Å². The van der Waals surface area contributed by atoms with Crippen LogP contribution in [0.5, 0.6) is 0 Å². The average molecular weight is 372 g/mol. The molecule has 1 amide bonds. The average Bonchev–Trinajstić information content (AvgIpc) is 3.01. The molecule has 0 radical (unpaired) electrons. The molecule has 3 aromatic rings. The molecule has 0 saturated carbocycles. The number of carbonyl (C=O) groups is 1. The summed E-state index contributed by atoms with van der Waals surface area (Å²) in [6.07, 6.45) is 5.73. The van der Waals surface area contributed by atoms with E-state index in [4.69, 9.17) is 0 Å². The van der Waals surface area contributed by atoms with Crippen LogP contribution >= 0.6 is 11.3 Å². The number of H-pyrrole nitrogens is 1. The third-order valence-electron chi connectivity index (χ3n) is 4.46. The van der Waals surface area contributed by atoms with Crippen LogP contribution in [0.2, 0.25) is 0 Å². The Morgan fingerprint density at radius 3 is 2.96 bits per heavy atom. The number of nitrogens with zero attached hydrogens (tertiary/aromatic N) is 2. The number of amides is 1. The van der Waals surface area contributed by atoms with Crippen molar-refractivity contribution in [3.63, 3.8) is 0 Å². The third kappa shape index (κ3) is 3.37. The highest BCUT2D eigenvalue weighted by molar-refractivity contribution is 7.18. The van der Waals surface area contributed by atoms with E-state index in [1.54, 1.807) is 11.3 Å². The van der Waals surface area contributed by atoms with Crippen molar-refractivity contribution in [1.29, 1.82) is 0 Å². The molecule has 0 atom stereocenters. The lowest BCUT2D eigenvalue weighted by atomic mass is 9.97. The largest absolute Gasteiger partial charge is 0.311 e. The van der Waals surface area contributed by atoms with E-state index >= 15 is 0 Å². The molecule has 26 heavy (non-hydrogen) atoms. The van der Waals surface area contributed by atoms with Crippen LogP contribution in [0.3, 0.4) is 0 Å². The maximum atomic E-state index is 12.8. The summed E-state index contributed by atoms with van der Waals surface area (Å²) in [4.78, 5) is 37.7. The molecule has 0 fully saturated rings. The summed E-state index contributed by atoms with van der Waals surface area (Å²) in [5.41, 5.74) is 1.03. The monoisotopic (exact) mass is 372 g/mol. The molecule has 0 aromatic carbocycles. The number of anilines is 1. The number of hydrogen-bond donors (Lipinski definition) is 2. The van der Waals surface area contributed by atoms with Crippen molar-refractivity contribution >= 4 is 33.3 Å². The lowest BCUT2D eigenvalue weighted by Crippen LogP contribution is -2.17. The van der Waals surface area contributed by atoms with Gasteiger partial charge in [-0.3, -0.25) is 9.59 Å². The number of hydrogen-bond acceptors (Lipinski definition) is 5. The van der Waals surface area contributed by atoms with Crippen LogP contribution in [0.4, 0.5) is 10.2 Å². The van der Waals surface area contributed by atoms with Gasteiger partial charge in [0.05, 0.1) is 11.6 Å². The first kappa shape index (κ1) is 16.8. The minimum Gasteiger partial charge on any atom is -0.311 e. The minimum atomic E-state index is -0.461. The van der Waals surface area contributed by atoms with Gasteiger partial charge in [0.25, 0.3) is 5.56 Å². The van der Waals surface area contributed by atoms with Crippen molar-refractivity contribution in [3.8, 4) is 0 Å². The fraction of sp³-hybridized carbons (Fsp3) is 0.333. The second kappa shape index (κ2) is 6.95. The molecular weight excluding hydrogens is 355 g/mol. The van der Waals surface area contributed by atoms with Gasteiger partial charge < -0.3 is 10.3 Å². The second-order valence-corrected chi connectivity index (χ2v) is 7.40. The van der Waals surface area contributed by atoms with Crippen molar-refractivity contribution in [2.24, 2.45) is 0 Å². The van der Waals surface area contributed by atoms with Crippen LogP contribution in [0.25, 0.3) is 10.2 Å². The first-order valence-corrected chi connectivity index (χ1v) is 9.36. The second-order valence-electron chi connectivity index (χ2n) is 6.31. The molecule has 1 aliphatic rings. The van der Waals surface area contributed by atoms with Crippen molar-refractivity contribution in [2.75, 3.05) is 5.32 Å². The van der Waals surface area contributed by atoms with E-state index in [9.17, 15) is 14.0 Å². The summed E-state index contributed by atoms with van der Waals surface area (Å²) >= 11 is 1.59. The molecule has 1 aliphatic carbocycles. The summed E-state index contributed by atoms with van der Waals surface area (Å²) < 4.78 is 12.8. The van der Waals surface area contributed by atoms with Crippen molar-refractivity contribution in [2.45, 2.75) is 38.5 Å². The first-order chi connectivity index (χ1) is 12.6. The number of halogens is 1. The topological polar surface area (TPSA) is 87.7 Å². The number of aromatic nitrogens is 3. The maximum absolute atomic E-state index is 12.8. The Labute approximate surface area is 152 Å². The number of thiophene rings is 1. The van der Waals surface area contributed by atoms with Gasteiger partial charge in [0.2, 0.25) is 5.91 Å². The van der Waals surface area contributed by atoms with Gasteiger partial charge >= 0.3 is 0 Å². The van der Waals surface area contributed by atoms with Gasteiger partial charge in [0, 0.05) is 17.7 Å². The van der Waals surface area contributed by atoms with E-state index in [0.29, 0.717) is 23.4 Å². The predicted octanol–water partition coefficient (Wildman–Crippen LogP) is 2.97. The van der Waals surface area contributed by atoms with Crippen LogP contribution < -0.4 is 10.9 Å². The highest BCUT2D eigenvalue weighted by Crippen LogP contribution is 2.33. The van der Waals surface area contributed by atoms with E-state index in [-0.39, 0.29) is 17.9 Å². The minimum absolute atomic E-state index is 0.120. The van der Waals surface area contributed by atoms with Gasteiger partial charge in [-0.1, -0.05) is 0 Å². The molecule has 2 N–H and O–H groups in total. The zero-order chi connectivity index (χ0) is 18.1. The normalized spacial score (nSPS) is 13.6. The molecule has 0 spiro atoms. The van der Waals surface area contributed by atoms with Gasteiger partial charge in [0.1, 0.15) is 22.3 Å². The smallest absolute Gasteiger partial charge is 0.259 e. The van der Waals surface area contributed by atoms with E-state index < -0.39 is 5.82 Å². The Morgan fingerprint density at radius 2 is 2.15 bits per heavy atom. The van der Waals surface area contributed by atoms with Gasteiger partial charge in [-0.05, 0) is 43.4 Å². The maximum Gasteiger partial charge on any atom is 0.259 e. The quantitative estimate of drug-likeness (QED) is 0.737. The number of carbonyl (C=O) groups excluding carboxylic acids is 1. The van der Waals surface area contributed by atoms with Crippen LogP contribution in [0.15, 0.2) is 23.1 Å². The number of nitrogens with one attached hydrogen (secondary N) is 2. The predicted molar refractivity (Wildman–Crippen MR) is 98.0 cm³/mol. The van der Waals surface area contributed by atoms with Gasteiger partial charge in [-0.15, -0.1) is 11.3 Å². The van der Waals surface area contributed by atoms with Crippen molar-refractivity contribution < 1.29 is 9.18 Å². The lowest BCUT2D eigenvalue weighted by Gasteiger charge is -2.09. The molecule has 8 heteroatoms. The molecule has 6 nitrogen and oxygen atoms in total. The zero-order valence-corrected chi connectivity index (χ0v) is 14.8. The molecule has 3 aromatic heterocycles. The van der Waals surface area contributed by atoms with E-state index in [0.717, 1.165) is 42.3 Å². The van der Waals surface area contributed by atoms with Crippen LogP contribution in [-0.2, 0) is 24.1 Å². The van der Waals surface area contributed by atoms with Crippen LogP contribution in [0, 0.1) is 5.82 Å². The Balaban J connectivity index is 1.48. The summed E-state index contributed by atoms with van der Waals surface area (Å²) in [5.74, 6) is 0.0663. The van der Waals surface area contributed by atoms with Gasteiger partial charge in [-0.2, -0.15) is 0 Å². The molecule has 0 saturated heterocycles. The molecule has 4 rings (SSSR count). The molecule has 0 aliphatic heterocycles. The Bertz CT molecular complexity index is 1030. The van der Waals surface area contributed by atoms with E-state index in [1.165, 1.54) is 17.0 Å². The molecular formula is C18H17FN4O2S. The first-order valence-electron chi connectivity index (χ1n) is 8.55. The number of rotatable bonds is 4. The Morgan fingerprint density at radius 1 is 1.31 bits per heavy atom. The number of pyridine rings is 1. The zero-order valence-electron chi connectivity index (χ0n) is 14.0. The summed E-state index contributed by atoms with van der Waals surface area (Å²) in [6, 6.07) is 2.63. The molecule has 0 bridgehead atoms. The number of aryl methyl sites for hydroxylation is 3. The van der Waals surface area contributed by atoms with Gasteiger partial charge in [-0.25, -0.2) is 14.4 Å². The third-order valence-corrected chi connectivity index (χ3v) is 5.64. The van der Waals surface area contributed by atoms with Gasteiger partial charge in [0.15, 0.2) is 0 Å². The van der Waals surface area contributed by atoms with Crippen molar-refractivity contribution in [3.05, 3.63) is 50.8 Å². The van der Waals surface area contributed by atoms with Crippen LogP contribution in [0.1, 0.15) is 35.5 Å². The Hall–Kier alpha value is -2.61. The number of aromatic amines is 1. The van der Waals surface area contributed by atoms with Crippen LogP contribution in [-0.4, -0.2) is 20.9 Å². The highest BCUT2D eigenvalue weighted by atomic mass is 32.1. The van der Waals surface area contributed by atoms with E-state index in [2.05, 4.69) is 20.3 Å². The lowest BCUT2D eigenvalue weighted by molar-refractivity contribution is -0.116. The summed E-state index contributed by atoms with van der Waals surface area (Å²) in [5, 5.41) is 3.31. The molecule has 0 unspecified atom stereocenters.